The van der Waals surface area contributed by atoms with Crippen LogP contribution in [0.5, 0.6) is 11.5 Å². The number of ether oxygens (including phenoxy) is 2. The fourth-order valence-electron chi connectivity index (χ4n) is 4.94. The van der Waals surface area contributed by atoms with E-state index >= 15 is 0 Å². The van der Waals surface area contributed by atoms with Crippen LogP contribution in [-0.4, -0.2) is 17.7 Å². The first-order valence-corrected chi connectivity index (χ1v) is 13.1. The van der Waals surface area contributed by atoms with Crippen molar-refractivity contribution in [2.75, 3.05) is 17.4 Å². The summed E-state index contributed by atoms with van der Waals surface area (Å²) in [5, 5.41) is 7.82. The van der Waals surface area contributed by atoms with E-state index in [2.05, 4.69) is 16.7 Å². The minimum absolute atomic E-state index is 0.103. The normalized spacial score (nSPS) is 14.7. The number of anilines is 2. The van der Waals surface area contributed by atoms with Crippen molar-refractivity contribution in [1.29, 1.82) is 0 Å². The predicted octanol–water partition coefficient (Wildman–Crippen LogP) is 6.51. The lowest BCUT2D eigenvalue weighted by molar-refractivity contribution is 0.102. The number of carbonyl (C=O) groups is 1. The van der Waals surface area contributed by atoms with Crippen LogP contribution in [0.15, 0.2) is 66.7 Å². The number of hydrogen-bond acceptors (Lipinski definition) is 6. The Morgan fingerprint density at radius 3 is 2.67 bits per heavy atom. The van der Waals surface area contributed by atoms with E-state index in [-0.39, 0.29) is 18.7 Å². The molecule has 0 bridgehead atoms. The van der Waals surface area contributed by atoms with Gasteiger partial charge in [0.15, 0.2) is 11.5 Å². The lowest BCUT2D eigenvalue weighted by Crippen LogP contribution is -2.19. The van der Waals surface area contributed by atoms with E-state index in [4.69, 9.17) is 14.5 Å². The van der Waals surface area contributed by atoms with Gasteiger partial charge in [0.25, 0.3) is 5.91 Å². The number of pyridine rings is 1. The topological polar surface area (TPSA) is 72.5 Å². The molecule has 4 aromatic rings. The molecule has 0 radical (unpaired) electrons. The first kappa shape index (κ1) is 22.6. The molecular formula is C29H27N3O3S. The van der Waals surface area contributed by atoms with Gasteiger partial charge in [0.1, 0.15) is 10.8 Å². The van der Waals surface area contributed by atoms with E-state index in [1.807, 2.05) is 67.6 Å². The Morgan fingerprint density at radius 2 is 1.81 bits per heavy atom. The molecule has 2 aromatic carbocycles. The summed E-state index contributed by atoms with van der Waals surface area (Å²) in [7, 11) is 0. The van der Waals surface area contributed by atoms with Gasteiger partial charge >= 0.3 is 0 Å². The zero-order valence-electron chi connectivity index (χ0n) is 20.0. The molecule has 3 heterocycles. The van der Waals surface area contributed by atoms with Gasteiger partial charge in [-0.2, -0.15) is 0 Å². The van der Waals surface area contributed by atoms with Crippen LogP contribution in [0, 0.1) is 6.92 Å². The summed E-state index contributed by atoms with van der Waals surface area (Å²) in [6, 6.07) is 21.2. The van der Waals surface area contributed by atoms with Crippen LogP contribution in [0.3, 0.4) is 0 Å². The Labute approximate surface area is 214 Å². The Balaban J connectivity index is 1.47. The Bertz CT molecular complexity index is 1420. The average Bonchev–Trinajstić information content (AvgIpc) is 3.52. The molecule has 36 heavy (non-hydrogen) atoms. The van der Waals surface area contributed by atoms with Crippen molar-refractivity contribution < 1.29 is 14.3 Å². The van der Waals surface area contributed by atoms with Crippen LogP contribution in [0.25, 0.3) is 0 Å². The first-order chi connectivity index (χ1) is 17.7. The molecule has 6 rings (SSSR count). The molecule has 1 atom stereocenters. The summed E-state index contributed by atoms with van der Waals surface area (Å²) in [4.78, 5) is 19.3. The van der Waals surface area contributed by atoms with Gasteiger partial charge in [-0.05, 0) is 80.1 Å². The van der Waals surface area contributed by atoms with Gasteiger partial charge in [0.2, 0.25) is 6.79 Å². The molecule has 0 spiro atoms. The Kier molecular flexibility index (Phi) is 6.07. The van der Waals surface area contributed by atoms with Gasteiger partial charge in [-0.25, -0.2) is 4.98 Å². The Morgan fingerprint density at radius 1 is 0.972 bits per heavy atom. The highest BCUT2D eigenvalue weighted by Crippen LogP contribution is 2.46. The average molecular weight is 498 g/mol. The number of aromatic nitrogens is 1. The summed E-state index contributed by atoms with van der Waals surface area (Å²) in [5.74, 6) is 2.16. The standard InChI is InChI=1S/C29H27N3O3S/c1-18-8-7-13-25(30-18)31-27(20-14-15-22-23(16-20)35-17-34-22)26-21-11-5-6-12-24(21)36-29(26)32-28(33)19-9-3-2-4-10-19/h2-4,7-10,13-16,27H,5-6,11-12,17H2,1H3,(H,30,31)(H,32,33)/t27-/m0/s1. The molecule has 6 nitrogen and oxygen atoms in total. The number of hydrogen-bond donors (Lipinski definition) is 2. The van der Waals surface area contributed by atoms with Gasteiger partial charge in [0.05, 0.1) is 6.04 Å². The molecule has 0 fully saturated rings. The highest BCUT2D eigenvalue weighted by Gasteiger charge is 2.30. The number of nitrogens with one attached hydrogen (secondary N) is 2. The predicted molar refractivity (Wildman–Crippen MR) is 142 cm³/mol. The molecular weight excluding hydrogens is 470 g/mol. The first-order valence-electron chi connectivity index (χ1n) is 12.3. The highest BCUT2D eigenvalue weighted by atomic mass is 32.1. The smallest absolute Gasteiger partial charge is 0.256 e. The largest absolute Gasteiger partial charge is 0.454 e. The summed E-state index contributed by atoms with van der Waals surface area (Å²) < 4.78 is 11.3. The minimum atomic E-state index is -0.224. The summed E-state index contributed by atoms with van der Waals surface area (Å²) in [6.07, 6.45) is 4.33. The molecule has 2 aliphatic rings. The third-order valence-electron chi connectivity index (χ3n) is 6.67. The van der Waals surface area contributed by atoms with Crippen molar-refractivity contribution in [2.24, 2.45) is 0 Å². The fourth-order valence-corrected chi connectivity index (χ4v) is 6.26. The van der Waals surface area contributed by atoms with Crippen LogP contribution in [0.2, 0.25) is 0 Å². The second-order valence-electron chi connectivity index (χ2n) is 9.13. The van der Waals surface area contributed by atoms with Crippen LogP contribution in [0.4, 0.5) is 10.8 Å². The molecule has 7 heteroatoms. The molecule has 0 unspecified atom stereocenters. The van der Waals surface area contributed by atoms with Crippen LogP contribution in [-0.2, 0) is 12.8 Å². The van der Waals surface area contributed by atoms with E-state index in [9.17, 15) is 4.79 Å². The number of nitrogens with zero attached hydrogens (tertiary/aromatic N) is 1. The van der Waals surface area contributed by atoms with E-state index in [1.54, 1.807) is 11.3 Å². The molecule has 0 saturated heterocycles. The van der Waals surface area contributed by atoms with Crippen molar-refractivity contribution in [3.05, 3.63) is 99.6 Å². The van der Waals surface area contributed by atoms with Crippen molar-refractivity contribution in [3.8, 4) is 11.5 Å². The number of rotatable bonds is 6. The number of amides is 1. The van der Waals surface area contributed by atoms with E-state index in [1.165, 1.54) is 16.9 Å². The Hall–Kier alpha value is -3.84. The van der Waals surface area contributed by atoms with Crippen molar-refractivity contribution in [2.45, 2.75) is 38.6 Å². The SMILES string of the molecule is Cc1cccc(N[C@@H](c2ccc3c(c2)OCO3)c2c(NC(=O)c3ccccc3)sc3c2CCCC3)n1. The number of carbonyl (C=O) groups excluding carboxylic acids is 1. The van der Waals surface area contributed by atoms with E-state index < -0.39 is 0 Å². The third-order valence-corrected chi connectivity index (χ3v) is 7.90. The molecule has 1 aliphatic carbocycles. The molecule has 1 aliphatic heterocycles. The maximum Gasteiger partial charge on any atom is 0.256 e. The highest BCUT2D eigenvalue weighted by molar-refractivity contribution is 7.16. The number of fused-ring (bicyclic) bond motifs is 2. The number of thiophene rings is 1. The van der Waals surface area contributed by atoms with Gasteiger partial charge in [-0.15, -0.1) is 11.3 Å². The van der Waals surface area contributed by atoms with Crippen LogP contribution >= 0.6 is 11.3 Å². The minimum Gasteiger partial charge on any atom is -0.454 e. The van der Waals surface area contributed by atoms with Gasteiger partial charge in [-0.3, -0.25) is 4.79 Å². The monoisotopic (exact) mass is 497 g/mol. The van der Waals surface area contributed by atoms with Crippen molar-refractivity contribution >= 4 is 28.1 Å². The summed E-state index contributed by atoms with van der Waals surface area (Å²) in [5.41, 5.74) is 5.06. The molecule has 2 aromatic heterocycles. The van der Waals surface area contributed by atoms with Crippen molar-refractivity contribution in [1.82, 2.24) is 4.98 Å². The zero-order valence-corrected chi connectivity index (χ0v) is 20.9. The molecule has 2 N–H and O–H groups in total. The quantitative estimate of drug-likeness (QED) is 0.318. The lowest BCUT2D eigenvalue weighted by Gasteiger charge is -2.24. The van der Waals surface area contributed by atoms with E-state index in [0.717, 1.165) is 58.4 Å². The summed E-state index contributed by atoms with van der Waals surface area (Å²) in [6.45, 7) is 2.21. The van der Waals surface area contributed by atoms with E-state index in [0.29, 0.717) is 5.56 Å². The summed E-state index contributed by atoms with van der Waals surface area (Å²) >= 11 is 1.70. The van der Waals surface area contributed by atoms with Crippen LogP contribution < -0.4 is 20.1 Å². The molecule has 1 amide bonds. The second kappa shape index (κ2) is 9.66. The second-order valence-corrected chi connectivity index (χ2v) is 10.2. The fraction of sp³-hybridized carbons (Fsp3) is 0.241. The maximum absolute atomic E-state index is 13.2. The van der Waals surface area contributed by atoms with Gasteiger partial charge < -0.3 is 20.1 Å². The zero-order chi connectivity index (χ0) is 24.5. The van der Waals surface area contributed by atoms with Gasteiger partial charge in [-0.1, -0.05) is 30.3 Å². The van der Waals surface area contributed by atoms with Crippen LogP contribution in [0.1, 0.15) is 56.5 Å². The molecule has 182 valence electrons. The maximum atomic E-state index is 13.2. The number of aryl methyl sites for hydroxylation is 2. The van der Waals surface area contributed by atoms with Gasteiger partial charge in [0, 0.05) is 21.7 Å². The number of benzene rings is 2. The van der Waals surface area contributed by atoms with Crippen molar-refractivity contribution in [3.63, 3.8) is 0 Å². The molecule has 0 saturated carbocycles. The lowest BCUT2D eigenvalue weighted by atomic mass is 9.89. The third kappa shape index (κ3) is 4.42.